The lowest BCUT2D eigenvalue weighted by molar-refractivity contribution is -0.136. The third-order valence-corrected chi connectivity index (χ3v) is 2.50. The topological polar surface area (TPSA) is 63.1 Å². The standard InChI is InChI=1S/C9H3BrF3NO3/c10-3-1-4-6(5(2-3)9(11,12)13)14-8(16)17-7(4)15/h1-2H,(H,14,16). The Kier molecular flexibility index (Phi) is 2.61. The van der Waals surface area contributed by atoms with E-state index in [1.165, 1.54) is 0 Å². The first-order valence-corrected chi connectivity index (χ1v) is 5.02. The normalized spacial score (nSPS) is 12.0. The molecule has 1 N–H and O–H groups in total. The van der Waals surface area contributed by atoms with E-state index in [4.69, 9.17) is 0 Å². The Morgan fingerprint density at radius 2 is 1.88 bits per heavy atom. The van der Waals surface area contributed by atoms with Crippen molar-refractivity contribution in [2.24, 2.45) is 0 Å². The van der Waals surface area contributed by atoms with Crippen LogP contribution in [0.5, 0.6) is 0 Å². The third-order valence-electron chi connectivity index (χ3n) is 2.04. The summed E-state index contributed by atoms with van der Waals surface area (Å²) in [6.45, 7) is 0. The van der Waals surface area contributed by atoms with Gasteiger partial charge in [-0.15, -0.1) is 0 Å². The summed E-state index contributed by atoms with van der Waals surface area (Å²) in [5, 5.41) is -0.341. The fourth-order valence-electron chi connectivity index (χ4n) is 1.39. The number of hydrogen-bond acceptors (Lipinski definition) is 3. The summed E-state index contributed by atoms with van der Waals surface area (Å²) in [7, 11) is 0. The van der Waals surface area contributed by atoms with Crippen molar-refractivity contribution in [3.8, 4) is 0 Å². The average molecular weight is 310 g/mol. The van der Waals surface area contributed by atoms with Gasteiger partial charge in [0, 0.05) is 4.47 Å². The number of benzene rings is 1. The van der Waals surface area contributed by atoms with E-state index >= 15 is 0 Å². The second-order valence-electron chi connectivity index (χ2n) is 3.18. The van der Waals surface area contributed by atoms with E-state index < -0.39 is 28.6 Å². The van der Waals surface area contributed by atoms with Gasteiger partial charge in [-0.05, 0) is 12.1 Å². The van der Waals surface area contributed by atoms with Crippen molar-refractivity contribution >= 4 is 26.8 Å². The summed E-state index contributed by atoms with van der Waals surface area (Å²) >= 11 is 2.86. The number of fused-ring (bicyclic) bond motifs is 1. The first-order chi connectivity index (χ1) is 7.79. The Balaban J connectivity index is 3.03. The molecular formula is C9H3BrF3NO3. The van der Waals surface area contributed by atoms with Crippen LogP contribution >= 0.6 is 15.9 Å². The monoisotopic (exact) mass is 309 g/mol. The van der Waals surface area contributed by atoms with Crippen LogP contribution in [0.25, 0.3) is 10.9 Å². The molecule has 4 nitrogen and oxygen atoms in total. The van der Waals surface area contributed by atoms with Gasteiger partial charge in [0.25, 0.3) is 0 Å². The zero-order chi connectivity index (χ0) is 12.8. The fraction of sp³-hybridized carbons (Fsp3) is 0.111. The maximum Gasteiger partial charge on any atom is 0.419 e. The molecule has 1 heterocycles. The zero-order valence-corrected chi connectivity index (χ0v) is 9.48. The molecular weight excluding hydrogens is 307 g/mol. The van der Waals surface area contributed by atoms with Crippen LogP contribution in [-0.2, 0) is 6.18 Å². The summed E-state index contributed by atoms with van der Waals surface area (Å²) in [4.78, 5) is 24.0. The zero-order valence-electron chi connectivity index (χ0n) is 7.89. The van der Waals surface area contributed by atoms with E-state index in [1.54, 1.807) is 0 Å². The molecule has 17 heavy (non-hydrogen) atoms. The van der Waals surface area contributed by atoms with Gasteiger partial charge >= 0.3 is 17.6 Å². The predicted octanol–water partition coefficient (Wildman–Crippen LogP) is 2.26. The summed E-state index contributed by atoms with van der Waals surface area (Å²) in [5.74, 6) is -1.23. The largest absolute Gasteiger partial charge is 0.419 e. The average Bonchev–Trinajstić information content (AvgIpc) is 2.16. The number of nitrogens with one attached hydrogen (secondary N) is 1. The Morgan fingerprint density at radius 3 is 2.47 bits per heavy atom. The van der Waals surface area contributed by atoms with Gasteiger partial charge in [0.2, 0.25) is 0 Å². The van der Waals surface area contributed by atoms with Crippen molar-refractivity contribution in [2.45, 2.75) is 6.18 Å². The number of rotatable bonds is 0. The molecule has 90 valence electrons. The highest BCUT2D eigenvalue weighted by Crippen LogP contribution is 2.34. The Hall–Kier alpha value is -1.57. The van der Waals surface area contributed by atoms with Gasteiger partial charge in [0.1, 0.15) is 0 Å². The molecule has 0 amide bonds. The summed E-state index contributed by atoms with van der Waals surface area (Å²) < 4.78 is 42.3. The van der Waals surface area contributed by atoms with Gasteiger partial charge in [-0.2, -0.15) is 13.2 Å². The number of aromatic nitrogens is 1. The number of alkyl halides is 3. The van der Waals surface area contributed by atoms with Crippen LogP contribution in [0.3, 0.4) is 0 Å². The van der Waals surface area contributed by atoms with Crippen molar-refractivity contribution < 1.29 is 17.6 Å². The Labute approximate surface area is 99.2 Å². The van der Waals surface area contributed by atoms with Crippen molar-refractivity contribution in [1.29, 1.82) is 0 Å². The highest BCUT2D eigenvalue weighted by molar-refractivity contribution is 9.10. The molecule has 0 aliphatic carbocycles. The SMILES string of the molecule is O=c1[nH]c2c(C(F)(F)F)cc(Br)cc2c(=O)o1. The lowest BCUT2D eigenvalue weighted by Gasteiger charge is -2.09. The van der Waals surface area contributed by atoms with Crippen molar-refractivity contribution in [1.82, 2.24) is 4.98 Å². The van der Waals surface area contributed by atoms with E-state index in [0.717, 1.165) is 12.1 Å². The molecule has 1 aromatic heterocycles. The fourth-order valence-corrected chi connectivity index (χ4v) is 1.85. The van der Waals surface area contributed by atoms with Gasteiger partial charge in [-0.1, -0.05) is 15.9 Å². The van der Waals surface area contributed by atoms with Gasteiger partial charge in [-0.3, -0.25) is 4.98 Å². The summed E-state index contributed by atoms with van der Waals surface area (Å²) in [6.07, 6.45) is -4.68. The molecule has 2 rings (SSSR count). The van der Waals surface area contributed by atoms with E-state index in [2.05, 4.69) is 20.3 Å². The Morgan fingerprint density at radius 1 is 1.24 bits per heavy atom. The molecule has 0 atom stereocenters. The van der Waals surface area contributed by atoms with Gasteiger partial charge in [0.15, 0.2) is 0 Å². The molecule has 0 aliphatic heterocycles. The highest BCUT2D eigenvalue weighted by atomic mass is 79.9. The quantitative estimate of drug-likeness (QED) is 0.812. The molecule has 0 fully saturated rings. The number of hydrogen-bond donors (Lipinski definition) is 1. The molecule has 0 aliphatic rings. The van der Waals surface area contributed by atoms with Crippen LogP contribution < -0.4 is 11.4 Å². The molecule has 0 unspecified atom stereocenters. The smallest absolute Gasteiger partial charge is 0.372 e. The molecule has 0 bridgehead atoms. The lowest BCUT2D eigenvalue weighted by atomic mass is 10.1. The molecule has 0 radical (unpaired) electrons. The van der Waals surface area contributed by atoms with Crippen LogP contribution in [0.4, 0.5) is 13.2 Å². The minimum Gasteiger partial charge on any atom is -0.372 e. The predicted molar refractivity (Wildman–Crippen MR) is 55.8 cm³/mol. The second kappa shape index (κ2) is 3.73. The number of halogens is 4. The van der Waals surface area contributed by atoms with Crippen LogP contribution in [0.2, 0.25) is 0 Å². The minimum atomic E-state index is -4.68. The van der Waals surface area contributed by atoms with Crippen LogP contribution in [0, 0.1) is 0 Å². The maximum absolute atomic E-state index is 12.7. The molecule has 0 spiro atoms. The van der Waals surface area contributed by atoms with Crippen molar-refractivity contribution in [3.63, 3.8) is 0 Å². The first-order valence-electron chi connectivity index (χ1n) is 4.23. The van der Waals surface area contributed by atoms with Gasteiger partial charge in [-0.25, -0.2) is 9.59 Å². The molecule has 2 aromatic rings. The molecule has 8 heteroatoms. The number of aromatic amines is 1. The third kappa shape index (κ3) is 2.12. The van der Waals surface area contributed by atoms with E-state index in [-0.39, 0.29) is 9.86 Å². The second-order valence-corrected chi connectivity index (χ2v) is 4.09. The van der Waals surface area contributed by atoms with Gasteiger partial charge in [0.05, 0.1) is 16.5 Å². The van der Waals surface area contributed by atoms with E-state index in [9.17, 15) is 22.8 Å². The van der Waals surface area contributed by atoms with Crippen molar-refractivity contribution in [3.05, 3.63) is 43.1 Å². The van der Waals surface area contributed by atoms with Crippen LogP contribution in [0.15, 0.2) is 30.6 Å². The van der Waals surface area contributed by atoms with E-state index in [0.29, 0.717) is 0 Å². The number of H-pyrrole nitrogens is 1. The lowest BCUT2D eigenvalue weighted by Crippen LogP contribution is -2.18. The molecule has 1 aromatic carbocycles. The summed E-state index contributed by atoms with van der Waals surface area (Å²) in [5.41, 5.74) is -2.80. The molecule has 0 saturated heterocycles. The summed E-state index contributed by atoms with van der Waals surface area (Å²) in [6, 6.07) is 1.92. The highest BCUT2D eigenvalue weighted by Gasteiger charge is 2.34. The van der Waals surface area contributed by atoms with E-state index in [1.807, 2.05) is 4.98 Å². The van der Waals surface area contributed by atoms with Gasteiger partial charge < -0.3 is 4.42 Å². The maximum atomic E-state index is 12.7. The van der Waals surface area contributed by atoms with Crippen molar-refractivity contribution in [2.75, 3.05) is 0 Å². The minimum absolute atomic E-state index is 0.0664. The van der Waals surface area contributed by atoms with Crippen LogP contribution in [0.1, 0.15) is 5.56 Å². The Bertz CT molecular complexity index is 701. The first kappa shape index (κ1) is 11.9. The molecule has 0 saturated carbocycles. The van der Waals surface area contributed by atoms with Crippen LogP contribution in [-0.4, -0.2) is 4.98 Å².